The lowest BCUT2D eigenvalue weighted by Gasteiger charge is -2.06. The molecule has 0 aliphatic heterocycles. The van der Waals surface area contributed by atoms with Crippen molar-refractivity contribution in [3.63, 3.8) is 0 Å². The van der Waals surface area contributed by atoms with E-state index in [0.717, 1.165) is 22.2 Å². The van der Waals surface area contributed by atoms with Crippen LogP contribution in [0.5, 0.6) is 11.5 Å². The summed E-state index contributed by atoms with van der Waals surface area (Å²) >= 11 is 3.32. The molecule has 3 aromatic rings. The summed E-state index contributed by atoms with van der Waals surface area (Å²) < 4.78 is 11.0. The largest absolute Gasteiger partial charge is 0.491 e. The van der Waals surface area contributed by atoms with Crippen LogP contribution in [0.25, 0.3) is 9.88 Å². The Kier molecular flexibility index (Phi) is 5.05. The molecule has 1 N–H and O–H groups in total. The highest BCUT2D eigenvalue weighted by Gasteiger charge is 2.06. The highest BCUT2D eigenvalue weighted by atomic mass is 32.1. The summed E-state index contributed by atoms with van der Waals surface area (Å²) in [5.74, 6) is 1.48. The third kappa shape index (κ3) is 3.85. The van der Waals surface area contributed by atoms with Gasteiger partial charge >= 0.3 is 0 Å². The van der Waals surface area contributed by atoms with Crippen molar-refractivity contribution >= 4 is 22.7 Å². The van der Waals surface area contributed by atoms with Crippen molar-refractivity contribution in [1.82, 2.24) is 4.98 Å². The summed E-state index contributed by atoms with van der Waals surface area (Å²) in [7, 11) is 0. The number of aliphatic hydroxyl groups excluding tert-OH is 1. The highest BCUT2D eigenvalue weighted by molar-refractivity contribution is 7.20. The second-order valence-corrected chi connectivity index (χ2v) is 6.26. The summed E-state index contributed by atoms with van der Waals surface area (Å²) in [6, 6.07) is 11.4. The predicted molar refractivity (Wildman–Crippen MR) is 88.8 cm³/mol. The lowest BCUT2D eigenvalue weighted by atomic mass is 10.3. The molecule has 2 aromatic heterocycles. The quantitative estimate of drug-likeness (QED) is 0.714. The summed E-state index contributed by atoms with van der Waals surface area (Å²) in [6.07, 6.45) is 0. The number of aromatic nitrogens is 1. The van der Waals surface area contributed by atoms with E-state index in [1.165, 1.54) is 4.88 Å². The normalized spacial score (nSPS) is 10.6. The van der Waals surface area contributed by atoms with Crippen molar-refractivity contribution in [3.8, 4) is 21.4 Å². The van der Waals surface area contributed by atoms with Crippen molar-refractivity contribution in [2.75, 3.05) is 13.2 Å². The van der Waals surface area contributed by atoms with Gasteiger partial charge < -0.3 is 14.6 Å². The first-order chi connectivity index (χ1) is 10.8. The molecular weight excluding hydrogens is 318 g/mol. The Balaban J connectivity index is 1.56. The van der Waals surface area contributed by atoms with Gasteiger partial charge in [-0.1, -0.05) is 6.07 Å². The molecule has 22 heavy (non-hydrogen) atoms. The maximum atomic E-state index is 8.71. The van der Waals surface area contributed by atoms with Gasteiger partial charge in [0.15, 0.2) is 0 Å². The topological polar surface area (TPSA) is 51.6 Å². The Morgan fingerprint density at radius 3 is 2.45 bits per heavy atom. The van der Waals surface area contributed by atoms with Gasteiger partial charge in [-0.05, 0) is 35.7 Å². The van der Waals surface area contributed by atoms with Crippen LogP contribution in [0.3, 0.4) is 0 Å². The molecule has 114 valence electrons. The van der Waals surface area contributed by atoms with Crippen molar-refractivity contribution in [2.45, 2.75) is 6.61 Å². The average molecular weight is 333 g/mol. The van der Waals surface area contributed by atoms with E-state index in [4.69, 9.17) is 14.6 Å². The molecule has 0 amide bonds. The third-order valence-corrected chi connectivity index (χ3v) is 4.78. The molecule has 0 atom stereocenters. The smallest absolute Gasteiger partial charge is 0.133 e. The second-order valence-electron chi connectivity index (χ2n) is 4.45. The molecule has 4 nitrogen and oxygen atoms in total. The van der Waals surface area contributed by atoms with Gasteiger partial charge in [-0.15, -0.1) is 22.7 Å². The Morgan fingerprint density at radius 2 is 1.77 bits per heavy atom. The van der Waals surface area contributed by atoms with Gasteiger partial charge in [-0.2, -0.15) is 0 Å². The van der Waals surface area contributed by atoms with Gasteiger partial charge in [0.1, 0.15) is 29.7 Å². The minimum Gasteiger partial charge on any atom is -0.491 e. The van der Waals surface area contributed by atoms with Crippen LogP contribution in [0.15, 0.2) is 47.2 Å². The van der Waals surface area contributed by atoms with E-state index in [9.17, 15) is 0 Å². The molecule has 0 saturated heterocycles. The molecule has 1 aromatic carbocycles. The van der Waals surface area contributed by atoms with Gasteiger partial charge in [0.05, 0.1) is 17.2 Å². The van der Waals surface area contributed by atoms with Crippen molar-refractivity contribution in [1.29, 1.82) is 0 Å². The van der Waals surface area contributed by atoms with E-state index in [1.807, 2.05) is 41.1 Å². The zero-order valence-corrected chi connectivity index (χ0v) is 13.4. The zero-order chi connectivity index (χ0) is 15.2. The van der Waals surface area contributed by atoms with Crippen LogP contribution in [-0.4, -0.2) is 23.3 Å². The summed E-state index contributed by atoms with van der Waals surface area (Å²) in [6.45, 7) is 0.748. The van der Waals surface area contributed by atoms with Gasteiger partial charge in [0.25, 0.3) is 0 Å². The van der Waals surface area contributed by atoms with Crippen LogP contribution in [0, 0.1) is 0 Å². The fraction of sp³-hybridized carbons (Fsp3) is 0.188. The number of hydrogen-bond donors (Lipinski definition) is 1. The fourth-order valence-electron chi connectivity index (χ4n) is 1.84. The molecule has 0 aliphatic rings. The maximum absolute atomic E-state index is 8.71. The summed E-state index contributed by atoms with van der Waals surface area (Å²) in [5.41, 5.74) is 0.925. The third-order valence-electron chi connectivity index (χ3n) is 2.85. The molecule has 0 saturated carbocycles. The number of hydrogen-bond acceptors (Lipinski definition) is 6. The van der Waals surface area contributed by atoms with E-state index in [2.05, 4.69) is 11.1 Å². The zero-order valence-electron chi connectivity index (χ0n) is 11.8. The molecule has 0 fully saturated rings. The number of thiophene rings is 1. The number of thiazole rings is 1. The Morgan fingerprint density at radius 1 is 1.00 bits per heavy atom. The second kappa shape index (κ2) is 7.40. The van der Waals surface area contributed by atoms with Crippen molar-refractivity contribution in [3.05, 3.63) is 52.9 Å². The van der Waals surface area contributed by atoms with Crippen molar-refractivity contribution in [2.24, 2.45) is 0 Å². The number of aliphatic hydroxyl groups is 1. The Hall–Kier alpha value is -1.89. The molecule has 6 heteroatoms. The van der Waals surface area contributed by atoms with Crippen LogP contribution >= 0.6 is 22.7 Å². The van der Waals surface area contributed by atoms with E-state index in [-0.39, 0.29) is 6.61 Å². The summed E-state index contributed by atoms with van der Waals surface area (Å²) in [4.78, 5) is 5.76. The Labute approximate surface area is 136 Å². The number of rotatable bonds is 7. The first-order valence-electron chi connectivity index (χ1n) is 6.80. The molecule has 0 bridgehead atoms. The molecule has 0 radical (unpaired) electrons. The minimum atomic E-state index is 0.00858. The van der Waals surface area contributed by atoms with Crippen LogP contribution in [0.2, 0.25) is 0 Å². The molecule has 0 spiro atoms. The van der Waals surface area contributed by atoms with Gasteiger partial charge in [0, 0.05) is 5.38 Å². The maximum Gasteiger partial charge on any atom is 0.133 e. The first kappa shape index (κ1) is 15.0. The molecular formula is C16H15NO3S2. The lowest BCUT2D eigenvalue weighted by Crippen LogP contribution is -2.01. The highest BCUT2D eigenvalue weighted by Crippen LogP contribution is 2.28. The van der Waals surface area contributed by atoms with E-state index < -0.39 is 0 Å². The van der Waals surface area contributed by atoms with Crippen molar-refractivity contribution < 1.29 is 14.6 Å². The molecule has 2 heterocycles. The molecule has 0 unspecified atom stereocenters. The average Bonchev–Trinajstić information content (AvgIpc) is 3.23. The van der Waals surface area contributed by atoms with Crippen LogP contribution < -0.4 is 9.47 Å². The number of ether oxygens (including phenoxy) is 2. The van der Waals surface area contributed by atoms with Gasteiger partial charge in [-0.3, -0.25) is 0 Å². The SMILES string of the molecule is OCCOc1ccc(OCc2csc(-c3cccs3)n2)cc1. The number of nitrogens with zero attached hydrogens (tertiary/aromatic N) is 1. The van der Waals surface area contributed by atoms with Gasteiger partial charge in [0.2, 0.25) is 0 Å². The monoisotopic (exact) mass is 333 g/mol. The Bertz CT molecular complexity index is 693. The number of benzene rings is 1. The standard InChI is InChI=1S/C16H15NO3S2/c18-7-8-19-13-3-5-14(6-4-13)20-10-12-11-22-16(17-12)15-2-1-9-21-15/h1-6,9,11,18H,7-8,10H2. The van der Waals surface area contributed by atoms with E-state index in [0.29, 0.717) is 13.2 Å². The first-order valence-corrected chi connectivity index (χ1v) is 8.56. The van der Waals surface area contributed by atoms with Gasteiger partial charge in [-0.25, -0.2) is 4.98 Å². The van der Waals surface area contributed by atoms with E-state index >= 15 is 0 Å². The minimum absolute atomic E-state index is 0.00858. The summed E-state index contributed by atoms with van der Waals surface area (Å²) in [5, 5.41) is 13.8. The van der Waals surface area contributed by atoms with Crippen LogP contribution in [0.1, 0.15) is 5.69 Å². The molecule has 0 aliphatic carbocycles. The fourth-order valence-corrected chi connectivity index (χ4v) is 3.46. The van der Waals surface area contributed by atoms with Crippen LogP contribution in [0.4, 0.5) is 0 Å². The van der Waals surface area contributed by atoms with E-state index in [1.54, 1.807) is 22.7 Å². The van der Waals surface area contributed by atoms with Crippen LogP contribution in [-0.2, 0) is 6.61 Å². The predicted octanol–water partition coefficient (Wildman–Crippen LogP) is 3.82. The lowest BCUT2D eigenvalue weighted by molar-refractivity contribution is 0.201. The molecule has 3 rings (SSSR count).